The van der Waals surface area contributed by atoms with Crippen molar-refractivity contribution in [2.45, 2.75) is 0 Å². The molecule has 2 rings (SSSR count). The zero-order valence-corrected chi connectivity index (χ0v) is 6.38. The summed E-state index contributed by atoms with van der Waals surface area (Å²) in [6.45, 7) is 0.776. The van der Waals surface area contributed by atoms with Gasteiger partial charge in [0.1, 0.15) is 6.20 Å². The van der Waals surface area contributed by atoms with E-state index in [2.05, 4.69) is 21.2 Å². The maximum absolute atomic E-state index is 4.09. The molecule has 0 atom stereocenters. The first kappa shape index (κ1) is 6.97. The van der Waals surface area contributed by atoms with Gasteiger partial charge in [-0.3, -0.25) is 0 Å². The fourth-order valence-electron chi connectivity index (χ4n) is 0.928. The largest absolute Gasteiger partial charge is 0.311 e. The van der Waals surface area contributed by atoms with Crippen LogP contribution in [0.2, 0.25) is 0 Å². The van der Waals surface area contributed by atoms with Gasteiger partial charge in [0.2, 0.25) is 0 Å². The Balaban J connectivity index is 2.21. The molecule has 0 saturated heterocycles. The van der Waals surface area contributed by atoms with Crippen LogP contribution in [0, 0.1) is 6.20 Å². The topological polar surface area (TPSA) is 41.4 Å². The zero-order valence-electron chi connectivity index (χ0n) is 6.38. The molecule has 1 aromatic heterocycles. The number of rotatable bonds is 1. The molecule has 1 aliphatic heterocycles. The first-order valence-corrected chi connectivity index (χ1v) is 3.60. The highest BCUT2D eigenvalue weighted by molar-refractivity contribution is 5.78. The summed E-state index contributed by atoms with van der Waals surface area (Å²) in [4.78, 5) is 13.8. The van der Waals surface area contributed by atoms with Gasteiger partial charge in [0.05, 0.1) is 6.34 Å². The number of hydrogen-bond donors (Lipinski definition) is 0. The van der Waals surface area contributed by atoms with Gasteiger partial charge < -0.3 is 4.90 Å². The molecule has 2 heterocycles. The van der Waals surface area contributed by atoms with Crippen LogP contribution in [-0.2, 0) is 0 Å². The van der Waals surface area contributed by atoms with Crippen molar-refractivity contribution in [3.05, 3.63) is 30.9 Å². The van der Waals surface area contributed by atoms with Gasteiger partial charge in [-0.15, -0.1) is 0 Å². The SMILES string of the molecule is [c]1nccnc1N1C=NC=CC1. The van der Waals surface area contributed by atoms with Gasteiger partial charge in [0.15, 0.2) is 5.82 Å². The minimum Gasteiger partial charge on any atom is -0.311 e. The molecular weight excluding hydrogens is 152 g/mol. The van der Waals surface area contributed by atoms with Crippen molar-refractivity contribution >= 4 is 12.2 Å². The number of anilines is 1. The second-order valence-electron chi connectivity index (χ2n) is 2.29. The molecule has 0 aromatic carbocycles. The van der Waals surface area contributed by atoms with Crippen LogP contribution >= 0.6 is 0 Å². The Morgan fingerprint density at radius 2 is 2.42 bits per heavy atom. The third kappa shape index (κ3) is 1.32. The summed E-state index contributed by atoms with van der Waals surface area (Å²) in [5, 5.41) is 0. The maximum atomic E-state index is 4.09. The molecule has 4 heteroatoms. The molecule has 1 aromatic rings. The molecule has 0 saturated carbocycles. The van der Waals surface area contributed by atoms with Gasteiger partial charge in [0, 0.05) is 25.1 Å². The maximum Gasteiger partial charge on any atom is 0.162 e. The molecule has 0 spiro atoms. The average Bonchev–Trinajstić information content (AvgIpc) is 2.21. The van der Waals surface area contributed by atoms with Crippen molar-refractivity contribution in [2.75, 3.05) is 11.4 Å². The first-order valence-electron chi connectivity index (χ1n) is 3.60. The van der Waals surface area contributed by atoms with Gasteiger partial charge >= 0.3 is 0 Å². The van der Waals surface area contributed by atoms with E-state index >= 15 is 0 Å². The van der Waals surface area contributed by atoms with Crippen LogP contribution in [0.15, 0.2) is 29.7 Å². The lowest BCUT2D eigenvalue weighted by Gasteiger charge is -2.16. The van der Waals surface area contributed by atoms with Gasteiger partial charge in [-0.05, 0) is 6.08 Å². The fourth-order valence-corrected chi connectivity index (χ4v) is 0.928. The van der Waals surface area contributed by atoms with Crippen LogP contribution in [0.4, 0.5) is 5.82 Å². The summed E-state index contributed by atoms with van der Waals surface area (Å²) >= 11 is 0. The molecular formula is C8H7N4. The minimum atomic E-state index is 0.700. The molecule has 4 nitrogen and oxygen atoms in total. The van der Waals surface area contributed by atoms with Crippen molar-refractivity contribution in [3.63, 3.8) is 0 Å². The third-order valence-corrected chi connectivity index (χ3v) is 1.47. The molecule has 0 fully saturated rings. The molecule has 0 unspecified atom stereocenters. The highest BCUT2D eigenvalue weighted by atomic mass is 15.2. The summed E-state index contributed by atoms with van der Waals surface area (Å²) < 4.78 is 0. The van der Waals surface area contributed by atoms with Crippen molar-refractivity contribution in [1.29, 1.82) is 0 Å². The van der Waals surface area contributed by atoms with E-state index in [0.29, 0.717) is 5.82 Å². The summed E-state index contributed by atoms with van der Waals surface area (Å²) in [5.41, 5.74) is 0. The summed E-state index contributed by atoms with van der Waals surface area (Å²) in [5.74, 6) is 0.700. The van der Waals surface area contributed by atoms with Crippen LogP contribution in [0.1, 0.15) is 0 Å². The van der Waals surface area contributed by atoms with Gasteiger partial charge in [0.25, 0.3) is 0 Å². The molecule has 0 bridgehead atoms. The molecule has 1 aliphatic rings. The van der Waals surface area contributed by atoms with E-state index in [1.165, 1.54) is 0 Å². The van der Waals surface area contributed by atoms with E-state index in [-0.39, 0.29) is 0 Å². The lowest BCUT2D eigenvalue weighted by Crippen LogP contribution is -2.23. The molecule has 12 heavy (non-hydrogen) atoms. The average molecular weight is 159 g/mol. The monoisotopic (exact) mass is 159 g/mol. The lowest BCUT2D eigenvalue weighted by atomic mass is 10.4. The predicted octanol–water partition coefficient (Wildman–Crippen LogP) is 0.639. The van der Waals surface area contributed by atoms with E-state index in [1.54, 1.807) is 24.9 Å². The zero-order chi connectivity index (χ0) is 8.23. The van der Waals surface area contributed by atoms with Gasteiger partial charge in [-0.2, -0.15) is 0 Å². The van der Waals surface area contributed by atoms with Crippen LogP contribution in [0.3, 0.4) is 0 Å². The Kier molecular flexibility index (Phi) is 1.82. The summed E-state index contributed by atoms with van der Waals surface area (Å²) in [6.07, 6.45) is 11.4. The smallest absolute Gasteiger partial charge is 0.162 e. The molecule has 0 amide bonds. The van der Waals surface area contributed by atoms with E-state index in [1.807, 2.05) is 11.0 Å². The van der Waals surface area contributed by atoms with Crippen molar-refractivity contribution in [2.24, 2.45) is 4.99 Å². The Hall–Kier alpha value is -1.71. The standard InChI is InChI=1S/C8H7N4/c1-2-10-7-12(5-1)8-6-9-3-4-11-8/h1-4,7H,5H2. The summed E-state index contributed by atoms with van der Waals surface area (Å²) in [7, 11) is 0. The van der Waals surface area contributed by atoms with Crippen molar-refractivity contribution in [3.8, 4) is 0 Å². The Morgan fingerprint density at radius 3 is 3.08 bits per heavy atom. The van der Waals surface area contributed by atoms with Gasteiger partial charge in [-0.1, -0.05) is 0 Å². The molecule has 59 valence electrons. The highest BCUT2D eigenvalue weighted by Crippen LogP contribution is 2.06. The Bertz CT molecular complexity index is 304. The second kappa shape index (κ2) is 3.13. The first-order chi connectivity index (χ1) is 5.97. The Morgan fingerprint density at radius 1 is 1.42 bits per heavy atom. The number of aromatic nitrogens is 2. The van der Waals surface area contributed by atoms with Gasteiger partial charge in [-0.25, -0.2) is 15.0 Å². The number of aliphatic imine (C=N–C) groups is 1. The molecule has 0 aliphatic carbocycles. The van der Waals surface area contributed by atoms with E-state index < -0.39 is 0 Å². The normalized spacial score (nSPS) is 15.2. The second-order valence-corrected chi connectivity index (χ2v) is 2.29. The van der Waals surface area contributed by atoms with Crippen LogP contribution in [-0.4, -0.2) is 22.9 Å². The van der Waals surface area contributed by atoms with Crippen molar-refractivity contribution < 1.29 is 0 Å². The fraction of sp³-hybridized carbons (Fsp3) is 0.125. The predicted molar refractivity (Wildman–Crippen MR) is 45.8 cm³/mol. The Labute approximate surface area is 70.3 Å². The number of hydrogen-bond acceptors (Lipinski definition) is 4. The lowest BCUT2D eigenvalue weighted by molar-refractivity contribution is 1.05. The number of nitrogens with zero attached hydrogens (tertiary/aromatic N) is 4. The molecule has 1 radical (unpaired) electrons. The third-order valence-electron chi connectivity index (χ3n) is 1.47. The van der Waals surface area contributed by atoms with Crippen LogP contribution in [0.5, 0.6) is 0 Å². The summed E-state index contributed by atoms with van der Waals surface area (Å²) in [6, 6.07) is 0. The van der Waals surface area contributed by atoms with E-state index in [4.69, 9.17) is 0 Å². The van der Waals surface area contributed by atoms with Crippen LogP contribution in [0.25, 0.3) is 0 Å². The quantitative estimate of drug-likeness (QED) is 0.603. The van der Waals surface area contributed by atoms with Crippen molar-refractivity contribution in [1.82, 2.24) is 9.97 Å². The van der Waals surface area contributed by atoms with E-state index in [0.717, 1.165) is 6.54 Å². The molecule has 0 N–H and O–H groups in total. The minimum absolute atomic E-state index is 0.700. The van der Waals surface area contributed by atoms with Crippen LogP contribution < -0.4 is 4.90 Å². The van der Waals surface area contributed by atoms with E-state index in [9.17, 15) is 0 Å². The highest BCUT2D eigenvalue weighted by Gasteiger charge is 2.04.